The maximum atomic E-state index is 14.8. The minimum atomic E-state index is -2.48. The summed E-state index contributed by atoms with van der Waals surface area (Å²) in [4.78, 5) is 11.6. The number of ether oxygens (including phenoxy) is 3. The Bertz CT molecular complexity index is 399. The van der Waals surface area contributed by atoms with Crippen molar-refractivity contribution >= 4 is 5.97 Å². The van der Waals surface area contributed by atoms with Crippen molar-refractivity contribution in [2.24, 2.45) is 0 Å². The second-order valence-corrected chi connectivity index (χ2v) is 3.89. The van der Waals surface area contributed by atoms with Crippen molar-refractivity contribution in [3.63, 3.8) is 0 Å². The van der Waals surface area contributed by atoms with Gasteiger partial charge < -0.3 is 14.2 Å². The van der Waals surface area contributed by atoms with Gasteiger partial charge in [0.05, 0.1) is 7.11 Å². The Morgan fingerprint density at radius 2 is 1.61 bits per heavy atom. The first-order valence-electron chi connectivity index (χ1n) is 5.39. The van der Waals surface area contributed by atoms with E-state index in [2.05, 4.69) is 4.74 Å². The third kappa shape index (κ3) is 2.11. The Labute approximate surface area is 106 Å². The largest absolute Gasteiger partial charge is 0.466 e. The highest BCUT2D eigenvalue weighted by molar-refractivity contribution is 5.80. The standard InChI is InChI=1S/C13H17FO4/c1-12(14,11(15)16-2)13(17-3,18-4)10-8-6-5-7-9-10/h5-9H,1-4H3/t12-/m0/s1. The fourth-order valence-electron chi connectivity index (χ4n) is 1.96. The molecule has 4 nitrogen and oxygen atoms in total. The number of methoxy groups -OCH3 is 3. The molecule has 0 radical (unpaired) electrons. The normalized spacial score (nSPS) is 14.9. The Balaban J connectivity index is 3.36. The molecule has 0 spiro atoms. The fourth-order valence-corrected chi connectivity index (χ4v) is 1.96. The molecule has 0 bridgehead atoms. The van der Waals surface area contributed by atoms with E-state index in [-0.39, 0.29) is 0 Å². The first-order chi connectivity index (χ1) is 8.46. The SMILES string of the molecule is COC(=O)[C@](C)(F)C(OC)(OC)c1ccccc1. The quantitative estimate of drug-likeness (QED) is 0.597. The van der Waals surface area contributed by atoms with Gasteiger partial charge in [0.25, 0.3) is 5.67 Å². The van der Waals surface area contributed by atoms with E-state index >= 15 is 0 Å². The third-order valence-electron chi connectivity index (χ3n) is 2.92. The van der Waals surface area contributed by atoms with Crippen molar-refractivity contribution in [2.45, 2.75) is 18.4 Å². The van der Waals surface area contributed by atoms with Crippen molar-refractivity contribution in [1.82, 2.24) is 0 Å². The van der Waals surface area contributed by atoms with E-state index in [0.717, 1.165) is 14.0 Å². The maximum Gasteiger partial charge on any atom is 0.349 e. The van der Waals surface area contributed by atoms with E-state index in [1.807, 2.05) is 0 Å². The second kappa shape index (κ2) is 5.46. The van der Waals surface area contributed by atoms with E-state index < -0.39 is 17.4 Å². The van der Waals surface area contributed by atoms with E-state index in [1.54, 1.807) is 30.3 Å². The molecule has 0 N–H and O–H groups in total. The number of hydrogen-bond acceptors (Lipinski definition) is 4. The van der Waals surface area contributed by atoms with Gasteiger partial charge in [-0.25, -0.2) is 9.18 Å². The Morgan fingerprint density at radius 3 is 2.00 bits per heavy atom. The van der Waals surface area contributed by atoms with Gasteiger partial charge in [-0.2, -0.15) is 0 Å². The van der Waals surface area contributed by atoms with Crippen molar-refractivity contribution in [2.75, 3.05) is 21.3 Å². The number of carbonyl (C=O) groups is 1. The van der Waals surface area contributed by atoms with E-state index in [0.29, 0.717) is 5.56 Å². The average Bonchev–Trinajstić information content (AvgIpc) is 2.40. The lowest BCUT2D eigenvalue weighted by Crippen LogP contribution is -2.54. The molecule has 1 aromatic carbocycles. The Morgan fingerprint density at radius 1 is 1.11 bits per heavy atom. The molecule has 0 aromatic heterocycles. The van der Waals surface area contributed by atoms with Crippen molar-refractivity contribution in [3.05, 3.63) is 35.9 Å². The van der Waals surface area contributed by atoms with Crippen molar-refractivity contribution < 1.29 is 23.4 Å². The lowest BCUT2D eigenvalue weighted by molar-refractivity contribution is -0.284. The van der Waals surface area contributed by atoms with Crippen LogP contribution in [-0.2, 0) is 24.8 Å². The maximum absolute atomic E-state index is 14.8. The second-order valence-electron chi connectivity index (χ2n) is 3.89. The Hall–Kier alpha value is -1.46. The zero-order chi connectivity index (χ0) is 13.8. The van der Waals surface area contributed by atoms with Crippen LogP contribution in [0.4, 0.5) is 4.39 Å². The van der Waals surface area contributed by atoms with Crippen LogP contribution >= 0.6 is 0 Å². The topological polar surface area (TPSA) is 44.8 Å². The molecule has 0 heterocycles. The van der Waals surface area contributed by atoms with Gasteiger partial charge >= 0.3 is 5.97 Å². The molecule has 18 heavy (non-hydrogen) atoms. The molecule has 0 amide bonds. The molecule has 1 aromatic rings. The lowest BCUT2D eigenvalue weighted by atomic mass is 9.90. The van der Waals surface area contributed by atoms with Crippen molar-refractivity contribution in [3.8, 4) is 0 Å². The number of alkyl halides is 1. The predicted octanol–water partition coefficient (Wildman–Crippen LogP) is 2.03. The van der Waals surface area contributed by atoms with Crippen LogP contribution < -0.4 is 0 Å². The summed E-state index contributed by atoms with van der Waals surface area (Å²) in [5, 5.41) is 0. The summed E-state index contributed by atoms with van der Waals surface area (Å²) in [6.07, 6.45) is 0. The summed E-state index contributed by atoms with van der Waals surface area (Å²) in [5.41, 5.74) is -2.09. The highest BCUT2D eigenvalue weighted by Gasteiger charge is 2.58. The number of carbonyl (C=O) groups excluding carboxylic acids is 1. The molecule has 0 unspecified atom stereocenters. The van der Waals surface area contributed by atoms with Crippen LogP contribution in [0.5, 0.6) is 0 Å². The smallest absolute Gasteiger partial charge is 0.349 e. The first kappa shape index (κ1) is 14.6. The van der Waals surface area contributed by atoms with Gasteiger partial charge in [-0.3, -0.25) is 0 Å². The van der Waals surface area contributed by atoms with Gasteiger partial charge in [-0.15, -0.1) is 0 Å². The van der Waals surface area contributed by atoms with Crippen LogP contribution in [-0.4, -0.2) is 33.0 Å². The molecule has 0 aliphatic carbocycles. The average molecular weight is 256 g/mol. The first-order valence-corrected chi connectivity index (χ1v) is 5.39. The van der Waals surface area contributed by atoms with Gasteiger partial charge in [0.2, 0.25) is 5.79 Å². The molecule has 1 rings (SSSR count). The molecule has 0 aliphatic heterocycles. The van der Waals surface area contributed by atoms with E-state index in [4.69, 9.17) is 9.47 Å². The summed E-state index contributed by atoms with van der Waals surface area (Å²) in [6, 6.07) is 8.42. The lowest BCUT2D eigenvalue weighted by Gasteiger charge is -2.39. The molecule has 0 saturated carbocycles. The molecule has 100 valence electrons. The minimum Gasteiger partial charge on any atom is -0.466 e. The summed E-state index contributed by atoms with van der Waals surface area (Å²) < 4.78 is 29.6. The van der Waals surface area contributed by atoms with Crippen LogP contribution in [0.3, 0.4) is 0 Å². The highest BCUT2D eigenvalue weighted by Crippen LogP contribution is 2.40. The monoisotopic (exact) mass is 256 g/mol. The number of hydrogen-bond donors (Lipinski definition) is 0. The molecule has 0 aliphatic rings. The highest BCUT2D eigenvalue weighted by atomic mass is 19.1. The minimum absolute atomic E-state index is 0.394. The van der Waals surface area contributed by atoms with E-state index in [9.17, 15) is 9.18 Å². The molecule has 1 atom stereocenters. The third-order valence-corrected chi connectivity index (χ3v) is 2.92. The van der Waals surface area contributed by atoms with Crippen LogP contribution in [0.25, 0.3) is 0 Å². The van der Waals surface area contributed by atoms with Crippen LogP contribution in [0.1, 0.15) is 12.5 Å². The van der Waals surface area contributed by atoms with E-state index in [1.165, 1.54) is 14.2 Å². The fraction of sp³-hybridized carbons (Fsp3) is 0.462. The molecule has 0 saturated heterocycles. The van der Waals surface area contributed by atoms with Gasteiger partial charge in [0, 0.05) is 19.8 Å². The van der Waals surface area contributed by atoms with Crippen LogP contribution in [0, 0.1) is 0 Å². The van der Waals surface area contributed by atoms with Gasteiger partial charge in [0.1, 0.15) is 0 Å². The number of esters is 1. The molecular formula is C13H17FO4. The summed E-state index contributed by atoms with van der Waals surface area (Å²) in [5.74, 6) is -2.91. The van der Waals surface area contributed by atoms with Gasteiger partial charge in [-0.1, -0.05) is 30.3 Å². The predicted molar refractivity (Wildman–Crippen MR) is 63.7 cm³/mol. The van der Waals surface area contributed by atoms with Crippen LogP contribution in [0.15, 0.2) is 30.3 Å². The zero-order valence-electron chi connectivity index (χ0n) is 10.9. The Kier molecular flexibility index (Phi) is 4.43. The van der Waals surface area contributed by atoms with Gasteiger partial charge in [-0.05, 0) is 6.92 Å². The summed E-state index contributed by atoms with van der Waals surface area (Å²) >= 11 is 0. The van der Waals surface area contributed by atoms with Crippen LogP contribution in [0.2, 0.25) is 0 Å². The number of benzene rings is 1. The molecule has 0 fully saturated rings. The zero-order valence-corrected chi connectivity index (χ0v) is 10.9. The van der Waals surface area contributed by atoms with Gasteiger partial charge in [0.15, 0.2) is 0 Å². The molecular weight excluding hydrogens is 239 g/mol. The summed E-state index contributed by atoms with van der Waals surface area (Å²) in [7, 11) is 3.66. The molecule has 5 heteroatoms. The number of rotatable bonds is 5. The van der Waals surface area contributed by atoms with Crippen molar-refractivity contribution in [1.29, 1.82) is 0 Å². The number of halogens is 1. The summed E-state index contributed by atoms with van der Waals surface area (Å²) in [6.45, 7) is 1.07.